The van der Waals surface area contributed by atoms with Gasteiger partial charge in [0, 0.05) is 6.54 Å². The fourth-order valence-corrected chi connectivity index (χ4v) is 2.22. The van der Waals surface area contributed by atoms with Crippen LogP contribution < -0.4 is 14.8 Å². The number of aliphatic hydroxyl groups excluding tert-OH is 1. The lowest BCUT2D eigenvalue weighted by molar-refractivity contribution is -0.166. The lowest BCUT2D eigenvalue weighted by Crippen LogP contribution is -2.46. The van der Waals surface area contributed by atoms with E-state index >= 15 is 0 Å². The van der Waals surface area contributed by atoms with E-state index in [1.165, 1.54) is 0 Å². The van der Waals surface area contributed by atoms with Gasteiger partial charge >= 0.3 is 6.18 Å². The molecule has 0 radical (unpaired) electrons. The summed E-state index contributed by atoms with van der Waals surface area (Å²) < 4.78 is 48.5. The monoisotopic (exact) mass is 289 g/mol. The highest BCUT2D eigenvalue weighted by Gasteiger charge is 2.63. The van der Waals surface area contributed by atoms with Crippen LogP contribution in [0.4, 0.5) is 13.2 Å². The van der Waals surface area contributed by atoms with Crippen molar-refractivity contribution in [2.45, 2.75) is 30.7 Å². The maximum absolute atomic E-state index is 12.7. The van der Waals surface area contributed by atoms with Crippen LogP contribution in [0.25, 0.3) is 0 Å². The zero-order chi connectivity index (χ0) is 14.4. The van der Waals surface area contributed by atoms with E-state index in [0.717, 1.165) is 0 Å². The van der Waals surface area contributed by atoms with Crippen LogP contribution in [0, 0.1) is 0 Å². The first kappa shape index (κ1) is 13.5. The van der Waals surface area contributed by atoms with Gasteiger partial charge in [0.2, 0.25) is 6.79 Å². The highest BCUT2D eigenvalue weighted by molar-refractivity contribution is 5.45. The predicted molar refractivity (Wildman–Crippen MR) is 63.5 cm³/mol. The summed E-state index contributed by atoms with van der Waals surface area (Å²) >= 11 is 0. The first-order chi connectivity index (χ1) is 9.41. The Morgan fingerprint density at radius 1 is 1.25 bits per heavy atom. The first-order valence-corrected chi connectivity index (χ1v) is 6.31. The molecule has 2 N–H and O–H groups in total. The van der Waals surface area contributed by atoms with Crippen LogP contribution >= 0.6 is 0 Å². The number of hydrogen-bond acceptors (Lipinski definition) is 4. The quantitative estimate of drug-likeness (QED) is 0.891. The molecule has 0 bridgehead atoms. The van der Waals surface area contributed by atoms with Crippen molar-refractivity contribution < 1.29 is 27.8 Å². The number of ether oxygens (including phenoxy) is 2. The summed E-state index contributed by atoms with van der Waals surface area (Å²) in [5.74, 6) is 1.07. The van der Waals surface area contributed by atoms with E-state index in [2.05, 4.69) is 5.32 Å². The largest absolute Gasteiger partial charge is 0.454 e. The van der Waals surface area contributed by atoms with E-state index < -0.39 is 17.8 Å². The normalized spacial score (nSPS) is 20.8. The molecule has 1 atom stereocenters. The molecule has 7 heteroatoms. The summed E-state index contributed by atoms with van der Waals surface area (Å²) in [5.41, 5.74) is -1.32. The number of aliphatic hydroxyl groups is 1. The van der Waals surface area contributed by atoms with Gasteiger partial charge in [0.1, 0.15) is 5.54 Å². The van der Waals surface area contributed by atoms with Crippen molar-refractivity contribution in [2.75, 3.05) is 13.3 Å². The molecule has 1 aliphatic heterocycles. The number of rotatable bonds is 4. The second-order valence-electron chi connectivity index (χ2n) is 5.09. The minimum Gasteiger partial charge on any atom is -0.454 e. The predicted octanol–water partition coefficient (Wildman–Crippen LogP) is 2.13. The van der Waals surface area contributed by atoms with Crippen molar-refractivity contribution in [3.8, 4) is 11.5 Å². The third-order valence-electron chi connectivity index (χ3n) is 3.71. The minimum atomic E-state index is -4.28. The zero-order valence-corrected chi connectivity index (χ0v) is 10.5. The molecule has 1 unspecified atom stereocenters. The van der Waals surface area contributed by atoms with Crippen LogP contribution in [0.2, 0.25) is 0 Å². The van der Waals surface area contributed by atoms with E-state index in [9.17, 15) is 18.3 Å². The van der Waals surface area contributed by atoms with Crippen molar-refractivity contribution in [2.24, 2.45) is 0 Å². The number of hydrogen-bond donors (Lipinski definition) is 2. The number of β-amino-alcohol motifs (C(OH)–C–C–N with tert-alkyl or cyclic N) is 1. The molecule has 0 amide bonds. The molecular weight excluding hydrogens is 275 g/mol. The topological polar surface area (TPSA) is 50.7 Å². The Hall–Kier alpha value is -1.47. The van der Waals surface area contributed by atoms with Crippen LogP contribution in [0.15, 0.2) is 18.2 Å². The van der Waals surface area contributed by atoms with E-state index in [-0.39, 0.29) is 26.2 Å². The molecular formula is C13H14F3NO3. The molecule has 1 fully saturated rings. The van der Waals surface area contributed by atoms with Crippen molar-refractivity contribution in [1.82, 2.24) is 5.32 Å². The standard InChI is InChI=1S/C13H14F3NO3/c14-13(15,16)12(3-4-12)17-6-9(18)8-1-2-10-11(5-8)20-7-19-10/h1-2,5,9,17-18H,3-4,6-7H2. The number of alkyl halides is 3. The molecule has 1 aromatic carbocycles. The molecule has 0 spiro atoms. The van der Waals surface area contributed by atoms with Crippen molar-refractivity contribution in [3.63, 3.8) is 0 Å². The highest BCUT2D eigenvalue weighted by Crippen LogP contribution is 2.49. The zero-order valence-electron chi connectivity index (χ0n) is 10.5. The van der Waals surface area contributed by atoms with Gasteiger partial charge in [-0.3, -0.25) is 0 Å². The highest BCUT2D eigenvalue weighted by atomic mass is 19.4. The molecule has 1 heterocycles. The summed E-state index contributed by atoms with van der Waals surface area (Å²) in [6.07, 6.45) is -5.18. The second kappa shape index (κ2) is 4.53. The molecule has 1 aromatic rings. The average Bonchev–Trinajstić information content (AvgIpc) is 3.06. The van der Waals surface area contributed by atoms with E-state index in [1.807, 2.05) is 0 Å². The lowest BCUT2D eigenvalue weighted by Gasteiger charge is -2.22. The molecule has 3 rings (SSSR count). The summed E-state index contributed by atoms with van der Waals surface area (Å²) in [7, 11) is 0. The van der Waals surface area contributed by atoms with Gasteiger partial charge in [-0.2, -0.15) is 13.2 Å². The Kier molecular flexibility index (Phi) is 3.06. The third kappa shape index (κ3) is 2.31. The van der Waals surface area contributed by atoms with E-state index in [4.69, 9.17) is 9.47 Å². The maximum atomic E-state index is 12.7. The number of halogens is 3. The number of nitrogens with one attached hydrogen (secondary N) is 1. The Bertz CT molecular complexity index is 514. The summed E-state index contributed by atoms with van der Waals surface area (Å²) in [4.78, 5) is 0. The van der Waals surface area contributed by atoms with E-state index in [0.29, 0.717) is 17.1 Å². The molecule has 110 valence electrons. The molecule has 0 saturated heterocycles. The van der Waals surface area contributed by atoms with Gasteiger partial charge in [0.15, 0.2) is 11.5 Å². The van der Waals surface area contributed by atoms with Crippen LogP contribution in [-0.4, -0.2) is 30.2 Å². The Labute approximate surface area is 113 Å². The Morgan fingerprint density at radius 3 is 2.60 bits per heavy atom. The van der Waals surface area contributed by atoms with Gasteiger partial charge in [0.25, 0.3) is 0 Å². The Morgan fingerprint density at radius 2 is 1.95 bits per heavy atom. The third-order valence-corrected chi connectivity index (χ3v) is 3.71. The molecule has 4 nitrogen and oxygen atoms in total. The molecule has 2 aliphatic rings. The fourth-order valence-electron chi connectivity index (χ4n) is 2.22. The van der Waals surface area contributed by atoms with Crippen molar-refractivity contribution in [3.05, 3.63) is 23.8 Å². The lowest BCUT2D eigenvalue weighted by atomic mass is 10.1. The maximum Gasteiger partial charge on any atom is 0.406 e. The van der Waals surface area contributed by atoms with Crippen LogP contribution in [0.3, 0.4) is 0 Å². The van der Waals surface area contributed by atoms with Gasteiger partial charge in [-0.05, 0) is 30.5 Å². The smallest absolute Gasteiger partial charge is 0.406 e. The minimum absolute atomic E-state index is 0.0599. The van der Waals surface area contributed by atoms with E-state index in [1.54, 1.807) is 18.2 Å². The summed E-state index contributed by atoms with van der Waals surface area (Å²) in [6.45, 7) is -0.0382. The SMILES string of the molecule is OC(CNC1(C(F)(F)F)CC1)c1ccc2c(c1)OCO2. The van der Waals surface area contributed by atoms with Gasteiger partial charge in [-0.1, -0.05) is 6.07 Å². The number of fused-ring (bicyclic) bond motifs is 1. The fraction of sp³-hybridized carbons (Fsp3) is 0.538. The molecule has 20 heavy (non-hydrogen) atoms. The molecule has 1 aliphatic carbocycles. The van der Waals surface area contributed by atoms with Gasteiger partial charge < -0.3 is 19.9 Å². The van der Waals surface area contributed by atoms with Crippen molar-refractivity contribution >= 4 is 0 Å². The van der Waals surface area contributed by atoms with Crippen LogP contribution in [-0.2, 0) is 0 Å². The second-order valence-corrected chi connectivity index (χ2v) is 5.09. The first-order valence-electron chi connectivity index (χ1n) is 6.31. The van der Waals surface area contributed by atoms with Crippen molar-refractivity contribution in [1.29, 1.82) is 0 Å². The number of benzene rings is 1. The molecule has 1 saturated carbocycles. The van der Waals surface area contributed by atoms with Gasteiger partial charge in [-0.15, -0.1) is 0 Å². The average molecular weight is 289 g/mol. The summed E-state index contributed by atoms with van der Waals surface area (Å²) in [5, 5.41) is 12.4. The summed E-state index contributed by atoms with van der Waals surface area (Å²) in [6, 6.07) is 4.84. The van der Waals surface area contributed by atoms with Gasteiger partial charge in [-0.25, -0.2) is 0 Å². The Balaban J connectivity index is 1.64. The van der Waals surface area contributed by atoms with Crippen LogP contribution in [0.5, 0.6) is 11.5 Å². The van der Waals surface area contributed by atoms with Crippen LogP contribution in [0.1, 0.15) is 24.5 Å². The molecule has 0 aromatic heterocycles. The van der Waals surface area contributed by atoms with Gasteiger partial charge in [0.05, 0.1) is 6.10 Å².